The number of hydrogen-bond donors (Lipinski definition) is 1. The van der Waals surface area contributed by atoms with Crippen LogP contribution in [0.15, 0.2) is 18.2 Å². The van der Waals surface area contributed by atoms with Gasteiger partial charge in [-0.25, -0.2) is 0 Å². The van der Waals surface area contributed by atoms with Gasteiger partial charge in [0.05, 0.1) is 13.5 Å². The lowest BCUT2D eigenvalue weighted by Gasteiger charge is -2.14. The van der Waals surface area contributed by atoms with Crippen LogP contribution in [-0.2, 0) is 9.53 Å². The van der Waals surface area contributed by atoms with Crippen molar-refractivity contribution in [2.24, 2.45) is 5.73 Å². The van der Waals surface area contributed by atoms with Crippen molar-refractivity contribution in [1.82, 2.24) is 0 Å². The Hall–Kier alpha value is -1.35. The second-order valence-corrected chi connectivity index (χ2v) is 3.68. The van der Waals surface area contributed by atoms with Crippen molar-refractivity contribution in [3.05, 3.63) is 34.9 Å². The number of ether oxygens (including phenoxy) is 1. The van der Waals surface area contributed by atoms with Crippen LogP contribution in [0.2, 0.25) is 0 Å². The van der Waals surface area contributed by atoms with E-state index >= 15 is 0 Å². The summed E-state index contributed by atoms with van der Waals surface area (Å²) in [5, 5.41) is 0. The molecule has 3 nitrogen and oxygen atoms in total. The van der Waals surface area contributed by atoms with E-state index in [1.165, 1.54) is 12.7 Å². The molecule has 0 radical (unpaired) electrons. The molecule has 1 aromatic rings. The molecule has 0 fully saturated rings. The van der Waals surface area contributed by atoms with E-state index in [1.807, 2.05) is 32.0 Å². The van der Waals surface area contributed by atoms with Crippen LogP contribution in [0.25, 0.3) is 0 Å². The molecule has 15 heavy (non-hydrogen) atoms. The topological polar surface area (TPSA) is 52.3 Å². The first kappa shape index (κ1) is 11.7. The van der Waals surface area contributed by atoms with Gasteiger partial charge in [0.15, 0.2) is 0 Å². The molecule has 82 valence electrons. The van der Waals surface area contributed by atoms with Gasteiger partial charge in [-0.3, -0.25) is 4.79 Å². The van der Waals surface area contributed by atoms with Gasteiger partial charge >= 0.3 is 5.97 Å². The summed E-state index contributed by atoms with van der Waals surface area (Å²) in [5.41, 5.74) is 9.29. The monoisotopic (exact) mass is 207 g/mol. The summed E-state index contributed by atoms with van der Waals surface area (Å²) in [5.74, 6) is -0.275. The lowest BCUT2D eigenvalue weighted by Crippen LogP contribution is -2.17. The molecule has 1 unspecified atom stereocenters. The predicted molar refractivity (Wildman–Crippen MR) is 59.5 cm³/mol. The van der Waals surface area contributed by atoms with Crippen molar-refractivity contribution >= 4 is 5.97 Å². The fourth-order valence-corrected chi connectivity index (χ4v) is 1.55. The number of nitrogens with two attached hydrogens (primary N) is 1. The average Bonchev–Trinajstić information content (AvgIpc) is 2.21. The third kappa shape index (κ3) is 2.80. The third-order valence-electron chi connectivity index (χ3n) is 2.66. The highest BCUT2D eigenvalue weighted by Crippen LogP contribution is 2.21. The first-order valence-corrected chi connectivity index (χ1v) is 4.94. The summed E-state index contributed by atoms with van der Waals surface area (Å²) in [6.45, 7) is 4.05. The van der Waals surface area contributed by atoms with Gasteiger partial charge in [0.2, 0.25) is 0 Å². The molecule has 0 saturated carbocycles. The quantitative estimate of drug-likeness (QED) is 0.770. The normalized spacial score (nSPS) is 12.3. The minimum atomic E-state index is -0.280. The highest BCUT2D eigenvalue weighted by atomic mass is 16.5. The van der Waals surface area contributed by atoms with Gasteiger partial charge < -0.3 is 10.5 Å². The average molecular weight is 207 g/mol. The van der Waals surface area contributed by atoms with Gasteiger partial charge in [-0.2, -0.15) is 0 Å². The van der Waals surface area contributed by atoms with Crippen LogP contribution in [0.1, 0.15) is 29.2 Å². The number of carbonyl (C=O) groups is 1. The van der Waals surface area contributed by atoms with E-state index in [4.69, 9.17) is 5.73 Å². The second-order valence-electron chi connectivity index (χ2n) is 3.68. The third-order valence-corrected chi connectivity index (χ3v) is 2.66. The maximum atomic E-state index is 11.1. The van der Waals surface area contributed by atoms with Gasteiger partial charge in [0.1, 0.15) is 0 Å². The first-order chi connectivity index (χ1) is 7.06. The van der Waals surface area contributed by atoms with E-state index in [9.17, 15) is 4.79 Å². The Balaban J connectivity index is 2.86. The Kier molecular flexibility index (Phi) is 3.86. The minimum absolute atomic E-state index is 0.223. The van der Waals surface area contributed by atoms with E-state index in [2.05, 4.69) is 4.74 Å². The van der Waals surface area contributed by atoms with Gasteiger partial charge in [-0.1, -0.05) is 18.2 Å². The molecule has 1 aromatic carbocycles. The van der Waals surface area contributed by atoms with E-state index < -0.39 is 0 Å². The number of methoxy groups -OCH3 is 1. The number of aryl methyl sites for hydroxylation is 1. The molecule has 0 aliphatic rings. The lowest BCUT2D eigenvalue weighted by molar-refractivity contribution is -0.141. The summed E-state index contributed by atoms with van der Waals surface area (Å²) in [7, 11) is 1.37. The number of esters is 1. The summed E-state index contributed by atoms with van der Waals surface area (Å²) in [6.07, 6.45) is 0.223. The summed E-state index contributed by atoms with van der Waals surface area (Å²) < 4.78 is 4.59. The molecular weight excluding hydrogens is 190 g/mol. The number of carbonyl (C=O) groups excluding carboxylic acids is 1. The van der Waals surface area contributed by atoms with Crippen LogP contribution in [0, 0.1) is 13.8 Å². The molecule has 0 amide bonds. The number of hydrogen-bond acceptors (Lipinski definition) is 3. The molecule has 3 heteroatoms. The zero-order valence-electron chi connectivity index (χ0n) is 9.41. The first-order valence-electron chi connectivity index (χ1n) is 4.94. The highest BCUT2D eigenvalue weighted by molar-refractivity contribution is 5.70. The zero-order valence-corrected chi connectivity index (χ0v) is 9.41. The Morgan fingerprint density at radius 1 is 1.47 bits per heavy atom. The highest BCUT2D eigenvalue weighted by Gasteiger charge is 2.14. The fraction of sp³-hybridized carbons (Fsp3) is 0.417. The van der Waals surface area contributed by atoms with E-state index in [-0.39, 0.29) is 18.4 Å². The summed E-state index contributed by atoms with van der Waals surface area (Å²) in [6, 6.07) is 5.66. The molecule has 1 atom stereocenters. The van der Waals surface area contributed by atoms with Crippen molar-refractivity contribution in [2.75, 3.05) is 7.11 Å². The lowest BCUT2D eigenvalue weighted by atomic mass is 9.96. The predicted octanol–water partition coefficient (Wildman–Crippen LogP) is 1.87. The van der Waals surface area contributed by atoms with Crippen molar-refractivity contribution in [3.8, 4) is 0 Å². The van der Waals surface area contributed by atoms with Crippen LogP contribution in [0.4, 0.5) is 0 Å². The van der Waals surface area contributed by atoms with Crippen LogP contribution in [0.3, 0.4) is 0 Å². The molecule has 0 aromatic heterocycles. The van der Waals surface area contributed by atoms with E-state index in [0.29, 0.717) is 0 Å². The van der Waals surface area contributed by atoms with E-state index in [1.54, 1.807) is 0 Å². The standard InChI is InChI=1S/C12H17NO2/c1-8-5-4-6-10(9(8)2)11(13)7-12(14)15-3/h4-6,11H,7,13H2,1-3H3. The van der Waals surface area contributed by atoms with Crippen molar-refractivity contribution in [2.45, 2.75) is 26.3 Å². The van der Waals surface area contributed by atoms with E-state index in [0.717, 1.165) is 11.1 Å². The Labute approximate surface area is 90.2 Å². The van der Waals surface area contributed by atoms with Crippen molar-refractivity contribution in [1.29, 1.82) is 0 Å². The summed E-state index contributed by atoms with van der Waals surface area (Å²) in [4.78, 5) is 11.1. The molecule has 1 rings (SSSR count). The Morgan fingerprint density at radius 2 is 2.13 bits per heavy atom. The maximum Gasteiger partial charge on any atom is 0.307 e. The van der Waals surface area contributed by atoms with Crippen molar-refractivity contribution in [3.63, 3.8) is 0 Å². The summed E-state index contributed by atoms with van der Waals surface area (Å²) >= 11 is 0. The van der Waals surface area contributed by atoms with Crippen LogP contribution in [-0.4, -0.2) is 13.1 Å². The molecule has 0 aliphatic heterocycles. The molecule has 0 spiro atoms. The molecule has 2 N–H and O–H groups in total. The molecule has 0 bridgehead atoms. The Morgan fingerprint density at radius 3 is 2.73 bits per heavy atom. The molecular formula is C12H17NO2. The number of rotatable bonds is 3. The van der Waals surface area contributed by atoms with Gasteiger partial charge in [-0.05, 0) is 30.5 Å². The van der Waals surface area contributed by atoms with Gasteiger partial charge in [0.25, 0.3) is 0 Å². The Bertz CT molecular complexity index is 361. The minimum Gasteiger partial charge on any atom is -0.469 e. The maximum absolute atomic E-state index is 11.1. The van der Waals surface area contributed by atoms with Crippen molar-refractivity contribution < 1.29 is 9.53 Å². The molecule has 0 aliphatic carbocycles. The second kappa shape index (κ2) is 4.94. The largest absolute Gasteiger partial charge is 0.469 e. The van der Waals surface area contributed by atoms with Gasteiger partial charge in [0, 0.05) is 6.04 Å². The molecule has 0 saturated heterocycles. The number of benzene rings is 1. The van der Waals surface area contributed by atoms with Crippen LogP contribution < -0.4 is 5.73 Å². The van der Waals surface area contributed by atoms with Crippen LogP contribution >= 0.6 is 0 Å². The smallest absolute Gasteiger partial charge is 0.307 e. The SMILES string of the molecule is COC(=O)CC(N)c1cccc(C)c1C. The fourth-order valence-electron chi connectivity index (χ4n) is 1.55. The molecule has 0 heterocycles. The van der Waals surface area contributed by atoms with Gasteiger partial charge in [-0.15, -0.1) is 0 Å². The zero-order chi connectivity index (χ0) is 11.4. The van der Waals surface area contributed by atoms with Crippen LogP contribution in [0.5, 0.6) is 0 Å².